The van der Waals surface area contributed by atoms with Crippen LogP contribution in [0.3, 0.4) is 0 Å². The SMILES string of the molecule is CCS(=O)(=O)c1ccc(-n2ncn(-c3ccc(I)cc3)c2=O)nc1-c1nc2cc(C(F)(F)C(F)(F)F)nnc2n1C. The molecule has 0 saturated carbocycles. The van der Waals surface area contributed by atoms with E-state index >= 15 is 0 Å². The first-order chi connectivity index (χ1) is 19.2. The molecular weight excluding hydrogens is 690 g/mol. The minimum absolute atomic E-state index is 0.105. The third kappa shape index (κ3) is 4.87. The molecule has 0 unspecified atom stereocenters. The average molecular weight is 706 g/mol. The second-order valence-corrected chi connectivity index (χ2v) is 12.1. The van der Waals surface area contributed by atoms with E-state index in [4.69, 9.17) is 0 Å². The van der Waals surface area contributed by atoms with Crippen molar-refractivity contribution < 1.29 is 30.4 Å². The van der Waals surface area contributed by atoms with Crippen molar-refractivity contribution in [3.8, 4) is 23.0 Å². The van der Waals surface area contributed by atoms with Crippen LogP contribution in [-0.2, 0) is 22.8 Å². The highest BCUT2D eigenvalue weighted by molar-refractivity contribution is 14.1. The van der Waals surface area contributed by atoms with E-state index in [1.807, 2.05) is 0 Å². The summed E-state index contributed by atoms with van der Waals surface area (Å²) in [6.45, 7) is 1.38. The zero-order valence-corrected chi connectivity index (χ0v) is 23.8. The summed E-state index contributed by atoms with van der Waals surface area (Å²) in [7, 11) is -2.64. The van der Waals surface area contributed by atoms with Crippen LogP contribution in [0.15, 0.2) is 58.5 Å². The lowest BCUT2D eigenvalue weighted by Crippen LogP contribution is -2.34. The number of nitrogens with zero attached hydrogens (tertiary/aromatic N) is 8. The van der Waals surface area contributed by atoms with Crippen LogP contribution in [0.4, 0.5) is 22.0 Å². The number of aryl methyl sites for hydroxylation is 1. The lowest BCUT2D eigenvalue weighted by atomic mass is 10.2. The van der Waals surface area contributed by atoms with E-state index in [-0.39, 0.29) is 33.6 Å². The molecular formula is C23H16F5IN8O3S. The third-order valence-electron chi connectivity index (χ3n) is 6.06. The molecule has 0 aliphatic heterocycles. The summed E-state index contributed by atoms with van der Waals surface area (Å²) in [5.74, 6) is -6.00. The van der Waals surface area contributed by atoms with E-state index in [1.54, 1.807) is 24.3 Å². The maximum absolute atomic E-state index is 13.9. The number of aromatic nitrogens is 8. The Hall–Kier alpha value is -3.81. The van der Waals surface area contributed by atoms with Gasteiger partial charge in [-0.2, -0.15) is 31.7 Å². The molecule has 4 heterocycles. The van der Waals surface area contributed by atoms with Crippen molar-refractivity contribution in [1.82, 2.24) is 39.1 Å². The number of hydrogen-bond acceptors (Lipinski definition) is 8. The standard InChI is InChI=1S/C23H16F5IN8O3S/c1-3-41(39,40)15-8-9-17(37-21(38)36(11-30-37)13-6-4-12(29)5-7-13)32-18(15)20-31-14-10-16(22(24,25)23(26,27)28)33-34-19(14)35(20)2/h4-11H,3H2,1-2H3. The number of halogens is 6. The van der Waals surface area contributed by atoms with E-state index in [0.29, 0.717) is 11.8 Å². The lowest BCUT2D eigenvalue weighted by Gasteiger charge is -2.17. The number of rotatable bonds is 6. The summed E-state index contributed by atoms with van der Waals surface area (Å²) in [5, 5.41) is 10.6. The van der Waals surface area contributed by atoms with Gasteiger partial charge in [0, 0.05) is 10.6 Å². The molecule has 1 aromatic carbocycles. The Kier molecular flexibility index (Phi) is 6.95. The van der Waals surface area contributed by atoms with Crippen LogP contribution in [0.25, 0.3) is 34.2 Å². The molecule has 0 fully saturated rings. The lowest BCUT2D eigenvalue weighted by molar-refractivity contribution is -0.291. The van der Waals surface area contributed by atoms with Crippen LogP contribution in [0.2, 0.25) is 0 Å². The monoisotopic (exact) mass is 706 g/mol. The smallest absolute Gasteiger partial charge is 0.309 e. The molecule has 41 heavy (non-hydrogen) atoms. The van der Waals surface area contributed by atoms with Gasteiger partial charge in [0.2, 0.25) is 0 Å². The molecule has 0 saturated heterocycles. The van der Waals surface area contributed by atoms with Crippen LogP contribution < -0.4 is 5.69 Å². The molecule has 0 atom stereocenters. The molecule has 0 N–H and O–H groups in total. The van der Waals surface area contributed by atoms with Crippen molar-refractivity contribution in [2.45, 2.75) is 23.9 Å². The van der Waals surface area contributed by atoms with E-state index in [9.17, 15) is 35.2 Å². The molecule has 0 aliphatic carbocycles. The third-order valence-corrected chi connectivity index (χ3v) is 8.54. The zero-order chi connectivity index (χ0) is 29.9. The van der Waals surface area contributed by atoms with Gasteiger partial charge in [-0.25, -0.2) is 27.7 Å². The molecule has 214 valence electrons. The minimum Gasteiger partial charge on any atom is -0.309 e. The van der Waals surface area contributed by atoms with Crippen molar-refractivity contribution in [3.05, 3.63) is 68.5 Å². The van der Waals surface area contributed by atoms with E-state index in [0.717, 1.165) is 12.8 Å². The predicted molar refractivity (Wildman–Crippen MR) is 143 cm³/mol. The Balaban J connectivity index is 1.70. The fourth-order valence-electron chi connectivity index (χ4n) is 3.86. The summed E-state index contributed by atoms with van der Waals surface area (Å²) < 4.78 is 96.6. The molecule has 18 heteroatoms. The molecule has 0 amide bonds. The summed E-state index contributed by atoms with van der Waals surface area (Å²) in [4.78, 5) is 21.3. The Morgan fingerprint density at radius 3 is 2.29 bits per heavy atom. The topological polar surface area (TPSA) is 130 Å². The summed E-state index contributed by atoms with van der Waals surface area (Å²) in [5.41, 5.74) is -2.74. The van der Waals surface area contributed by atoms with Gasteiger partial charge < -0.3 is 4.57 Å². The number of hydrogen-bond donors (Lipinski definition) is 0. The summed E-state index contributed by atoms with van der Waals surface area (Å²) in [6.07, 6.45) is -4.68. The maximum Gasteiger partial charge on any atom is 0.459 e. The van der Waals surface area contributed by atoms with E-state index < -0.39 is 38.8 Å². The minimum atomic E-state index is -5.93. The van der Waals surface area contributed by atoms with Gasteiger partial charge in [0.25, 0.3) is 0 Å². The van der Waals surface area contributed by atoms with Crippen molar-refractivity contribution >= 4 is 43.6 Å². The summed E-state index contributed by atoms with van der Waals surface area (Å²) >= 11 is 2.11. The number of pyridine rings is 1. The Morgan fingerprint density at radius 1 is 0.976 bits per heavy atom. The van der Waals surface area contributed by atoms with Crippen LogP contribution >= 0.6 is 22.6 Å². The van der Waals surface area contributed by atoms with Gasteiger partial charge in [0.1, 0.15) is 23.2 Å². The highest BCUT2D eigenvalue weighted by Crippen LogP contribution is 2.43. The van der Waals surface area contributed by atoms with E-state index in [1.165, 1.54) is 37.0 Å². The fraction of sp³-hybridized carbons (Fsp3) is 0.217. The first-order valence-electron chi connectivity index (χ1n) is 11.5. The first-order valence-corrected chi connectivity index (χ1v) is 14.2. The second kappa shape index (κ2) is 9.93. The molecule has 0 radical (unpaired) electrons. The van der Waals surface area contributed by atoms with Crippen molar-refractivity contribution in [2.75, 3.05) is 5.75 Å². The molecule has 5 rings (SSSR count). The van der Waals surface area contributed by atoms with Crippen molar-refractivity contribution in [1.29, 1.82) is 0 Å². The number of imidazole rings is 1. The molecule has 0 bridgehead atoms. The van der Waals surface area contributed by atoms with Gasteiger partial charge in [-0.3, -0.25) is 0 Å². The quantitative estimate of drug-likeness (QED) is 0.193. The summed E-state index contributed by atoms with van der Waals surface area (Å²) in [6, 6.07) is 9.81. The van der Waals surface area contributed by atoms with Gasteiger partial charge in [-0.15, -0.1) is 10.2 Å². The first kappa shape index (κ1) is 28.7. The number of benzene rings is 1. The number of fused-ring (bicyclic) bond motifs is 1. The van der Waals surface area contributed by atoms with Gasteiger partial charge in [-0.1, -0.05) is 6.92 Å². The Labute approximate surface area is 240 Å². The molecule has 5 aromatic rings. The van der Waals surface area contributed by atoms with Crippen LogP contribution in [0.5, 0.6) is 0 Å². The van der Waals surface area contributed by atoms with Crippen molar-refractivity contribution in [2.24, 2.45) is 7.05 Å². The Morgan fingerprint density at radius 2 is 1.66 bits per heavy atom. The Bertz CT molecular complexity index is 1970. The van der Waals surface area contributed by atoms with Gasteiger partial charge in [0.15, 0.2) is 27.1 Å². The molecule has 11 nitrogen and oxygen atoms in total. The van der Waals surface area contributed by atoms with Crippen LogP contribution in [-0.4, -0.2) is 59.4 Å². The second-order valence-electron chi connectivity index (χ2n) is 8.60. The highest BCUT2D eigenvalue weighted by atomic mass is 127. The molecule has 4 aromatic heterocycles. The zero-order valence-electron chi connectivity index (χ0n) is 20.8. The van der Waals surface area contributed by atoms with Crippen LogP contribution in [0.1, 0.15) is 12.6 Å². The number of sulfone groups is 1. The van der Waals surface area contributed by atoms with Crippen LogP contribution in [0, 0.1) is 3.57 Å². The highest BCUT2D eigenvalue weighted by Gasteiger charge is 2.60. The van der Waals surface area contributed by atoms with Crippen molar-refractivity contribution in [3.63, 3.8) is 0 Å². The predicted octanol–water partition coefficient (Wildman–Crippen LogP) is 3.81. The largest absolute Gasteiger partial charge is 0.459 e. The maximum atomic E-state index is 13.9. The van der Waals surface area contributed by atoms with Gasteiger partial charge in [0.05, 0.1) is 16.3 Å². The molecule has 0 aliphatic rings. The van der Waals surface area contributed by atoms with Gasteiger partial charge in [-0.05, 0) is 65.1 Å². The normalized spacial score (nSPS) is 12.8. The average Bonchev–Trinajstić information content (AvgIpc) is 3.47. The van der Waals surface area contributed by atoms with Gasteiger partial charge >= 0.3 is 17.8 Å². The fourth-order valence-corrected chi connectivity index (χ4v) is 5.23. The van der Waals surface area contributed by atoms with E-state index in [2.05, 4.69) is 47.9 Å². The molecule has 0 spiro atoms. The number of alkyl halides is 5.